The van der Waals surface area contributed by atoms with Crippen LogP contribution in [0, 0.1) is 13.8 Å². The van der Waals surface area contributed by atoms with Crippen molar-refractivity contribution in [2.45, 2.75) is 37.6 Å². The van der Waals surface area contributed by atoms with Gasteiger partial charge in [-0.2, -0.15) is 4.31 Å². The molecule has 1 saturated heterocycles. The van der Waals surface area contributed by atoms with Crippen LogP contribution in [0.3, 0.4) is 0 Å². The molecule has 0 aliphatic carbocycles. The van der Waals surface area contributed by atoms with Crippen LogP contribution in [-0.4, -0.2) is 39.0 Å². The molecule has 1 atom stereocenters. The molecule has 0 amide bonds. The van der Waals surface area contributed by atoms with E-state index in [1.54, 1.807) is 13.0 Å². The van der Waals surface area contributed by atoms with E-state index >= 15 is 0 Å². The fourth-order valence-corrected chi connectivity index (χ4v) is 4.60. The third-order valence-corrected chi connectivity index (χ3v) is 5.67. The van der Waals surface area contributed by atoms with Gasteiger partial charge in [0.05, 0.1) is 7.11 Å². The van der Waals surface area contributed by atoms with Crippen LogP contribution in [0.15, 0.2) is 17.0 Å². The van der Waals surface area contributed by atoms with Crippen LogP contribution in [0.5, 0.6) is 5.75 Å². The molecule has 1 heterocycles. The predicted octanol–water partition coefficient (Wildman–Crippen LogP) is 1.85. The van der Waals surface area contributed by atoms with Crippen LogP contribution in [0.2, 0.25) is 0 Å². The van der Waals surface area contributed by atoms with Gasteiger partial charge in [0, 0.05) is 19.1 Å². The summed E-state index contributed by atoms with van der Waals surface area (Å²) in [6, 6.07) is 3.53. The standard InChI is InChI=1S/C14H22N2O3S.ClH/c1-10-7-11(2)14(13(8-10)19-3)20(17,18)16-6-4-5-12(15)9-16;/h7-8,12H,4-6,9,15H2,1-3H3;1H. The van der Waals surface area contributed by atoms with Crippen LogP contribution in [-0.2, 0) is 10.0 Å². The van der Waals surface area contributed by atoms with Crippen molar-refractivity contribution in [1.82, 2.24) is 4.31 Å². The number of hydrogen-bond donors (Lipinski definition) is 1. The second-order valence-electron chi connectivity index (χ2n) is 5.38. The van der Waals surface area contributed by atoms with E-state index in [9.17, 15) is 8.42 Å². The molecule has 0 saturated carbocycles. The van der Waals surface area contributed by atoms with Gasteiger partial charge in [0.15, 0.2) is 0 Å². The van der Waals surface area contributed by atoms with Crippen molar-refractivity contribution in [1.29, 1.82) is 0 Å². The van der Waals surface area contributed by atoms with Gasteiger partial charge in [-0.25, -0.2) is 8.42 Å². The largest absolute Gasteiger partial charge is 0.495 e. The van der Waals surface area contributed by atoms with Crippen molar-refractivity contribution in [2.24, 2.45) is 5.73 Å². The number of halogens is 1. The zero-order chi connectivity index (χ0) is 14.9. The van der Waals surface area contributed by atoms with Gasteiger partial charge in [0.1, 0.15) is 10.6 Å². The molecule has 0 bridgehead atoms. The highest BCUT2D eigenvalue weighted by Crippen LogP contribution is 2.32. The lowest BCUT2D eigenvalue weighted by Crippen LogP contribution is -2.45. The summed E-state index contributed by atoms with van der Waals surface area (Å²) < 4.78 is 32.4. The lowest BCUT2D eigenvalue weighted by molar-refractivity contribution is 0.314. The minimum atomic E-state index is -3.56. The fourth-order valence-electron chi connectivity index (χ4n) is 2.72. The highest BCUT2D eigenvalue weighted by atomic mass is 35.5. The number of nitrogens with zero attached hydrogens (tertiary/aromatic N) is 1. The monoisotopic (exact) mass is 334 g/mol. The fraction of sp³-hybridized carbons (Fsp3) is 0.571. The normalized spacial score (nSPS) is 19.9. The first-order valence-corrected chi connectivity index (χ1v) is 8.21. The molecular weight excluding hydrogens is 312 g/mol. The Morgan fingerprint density at radius 2 is 2.00 bits per heavy atom. The Balaban J connectivity index is 0.00000220. The van der Waals surface area contributed by atoms with E-state index in [4.69, 9.17) is 10.5 Å². The summed E-state index contributed by atoms with van der Waals surface area (Å²) in [5.74, 6) is 0.404. The minimum absolute atomic E-state index is 0. The highest BCUT2D eigenvalue weighted by molar-refractivity contribution is 7.89. The summed E-state index contributed by atoms with van der Waals surface area (Å²) >= 11 is 0. The molecule has 2 N–H and O–H groups in total. The molecule has 21 heavy (non-hydrogen) atoms. The number of aryl methyl sites for hydroxylation is 2. The summed E-state index contributed by atoms with van der Waals surface area (Å²) in [5.41, 5.74) is 7.58. The van der Waals surface area contributed by atoms with Gasteiger partial charge in [-0.3, -0.25) is 0 Å². The molecule has 0 spiro atoms. The molecule has 1 aromatic rings. The number of sulfonamides is 1. The second kappa shape index (κ2) is 6.96. The van der Waals surface area contributed by atoms with E-state index < -0.39 is 10.0 Å². The maximum Gasteiger partial charge on any atom is 0.247 e. The number of ether oxygens (including phenoxy) is 1. The van der Waals surface area contributed by atoms with Gasteiger partial charge < -0.3 is 10.5 Å². The summed E-state index contributed by atoms with van der Waals surface area (Å²) in [6.07, 6.45) is 1.67. The zero-order valence-electron chi connectivity index (χ0n) is 12.6. The van der Waals surface area contributed by atoms with Crippen LogP contribution in [0.1, 0.15) is 24.0 Å². The summed E-state index contributed by atoms with van der Waals surface area (Å²) in [7, 11) is -2.06. The van der Waals surface area contributed by atoms with E-state index in [0.717, 1.165) is 18.4 Å². The molecule has 2 rings (SSSR count). The van der Waals surface area contributed by atoms with Crippen LogP contribution >= 0.6 is 12.4 Å². The van der Waals surface area contributed by atoms with E-state index in [1.165, 1.54) is 11.4 Å². The van der Waals surface area contributed by atoms with Crippen LogP contribution in [0.25, 0.3) is 0 Å². The molecule has 1 unspecified atom stereocenters. The van der Waals surface area contributed by atoms with E-state index in [-0.39, 0.29) is 23.3 Å². The molecule has 0 radical (unpaired) electrons. The first-order chi connectivity index (χ1) is 9.36. The molecular formula is C14H23ClN2O3S. The maximum atomic E-state index is 12.8. The molecule has 0 aromatic heterocycles. The van der Waals surface area contributed by atoms with E-state index in [1.807, 2.05) is 13.0 Å². The first-order valence-electron chi connectivity index (χ1n) is 6.77. The van der Waals surface area contributed by atoms with Crippen molar-refractivity contribution < 1.29 is 13.2 Å². The average molecular weight is 335 g/mol. The van der Waals surface area contributed by atoms with Crippen LogP contribution < -0.4 is 10.5 Å². The molecule has 120 valence electrons. The Morgan fingerprint density at radius 1 is 1.33 bits per heavy atom. The van der Waals surface area contributed by atoms with Gasteiger partial charge in [-0.05, 0) is 43.9 Å². The van der Waals surface area contributed by atoms with E-state index in [2.05, 4.69) is 0 Å². The molecule has 1 aromatic carbocycles. The Kier molecular flexibility index (Phi) is 6.04. The summed E-state index contributed by atoms with van der Waals surface area (Å²) in [4.78, 5) is 0.264. The van der Waals surface area contributed by atoms with Crippen molar-refractivity contribution in [3.63, 3.8) is 0 Å². The molecule has 7 heteroatoms. The van der Waals surface area contributed by atoms with Gasteiger partial charge in [0.25, 0.3) is 0 Å². The zero-order valence-corrected chi connectivity index (χ0v) is 14.3. The Hall–Kier alpha value is -0.820. The number of methoxy groups -OCH3 is 1. The maximum absolute atomic E-state index is 12.8. The predicted molar refractivity (Wildman–Crippen MR) is 85.7 cm³/mol. The SMILES string of the molecule is COc1cc(C)cc(C)c1S(=O)(=O)N1CCCC(N)C1.Cl. The number of hydrogen-bond acceptors (Lipinski definition) is 4. The average Bonchev–Trinajstić information content (AvgIpc) is 2.37. The molecule has 1 fully saturated rings. The number of nitrogens with two attached hydrogens (primary N) is 1. The Bertz CT molecular complexity index is 604. The quantitative estimate of drug-likeness (QED) is 0.915. The Morgan fingerprint density at radius 3 is 2.57 bits per heavy atom. The molecule has 1 aliphatic rings. The molecule has 5 nitrogen and oxygen atoms in total. The third-order valence-electron chi connectivity index (χ3n) is 3.62. The minimum Gasteiger partial charge on any atom is -0.495 e. The topological polar surface area (TPSA) is 72.6 Å². The van der Waals surface area contributed by atoms with Gasteiger partial charge in [0.2, 0.25) is 10.0 Å². The highest BCUT2D eigenvalue weighted by Gasteiger charge is 2.32. The third kappa shape index (κ3) is 3.69. The Labute approximate surface area is 132 Å². The lowest BCUT2D eigenvalue weighted by Gasteiger charge is -2.30. The van der Waals surface area contributed by atoms with Gasteiger partial charge >= 0.3 is 0 Å². The van der Waals surface area contributed by atoms with Gasteiger partial charge in [-0.15, -0.1) is 12.4 Å². The second-order valence-corrected chi connectivity index (χ2v) is 7.25. The van der Waals surface area contributed by atoms with Crippen molar-refractivity contribution in [3.05, 3.63) is 23.3 Å². The van der Waals surface area contributed by atoms with Crippen molar-refractivity contribution >= 4 is 22.4 Å². The summed E-state index contributed by atoms with van der Waals surface area (Å²) in [6.45, 7) is 4.61. The van der Waals surface area contributed by atoms with E-state index in [0.29, 0.717) is 24.4 Å². The molecule has 1 aliphatic heterocycles. The van der Waals surface area contributed by atoms with Gasteiger partial charge in [-0.1, -0.05) is 6.07 Å². The number of piperidine rings is 1. The number of benzene rings is 1. The number of rotatable bonds is 3. The first kappa shape index (κ1) is 18.2. The summed E-state index contributed by atoms with van der Waals surface area (Å²) in [5, 5.41) is 0. The lowest BCUT2D eigenvalue weighted by atomic mass is 10.1. The van der Waals surface area contributed by atoms with Crippen molar-refractivity contribution in [3.8, 4) is 5.75 Å². The van der Waals surface area contributed by atoms with Crippen molar-refractivity contribution in [2.75, 3.05) is 20.2 Å². The van der Waals surface area contributed by atoms with Crippen LogP contribution in [0.4, 0.5) is 0 Å². The smallest absolute Gasteiger partial charge is 0.247 e.